The van der Waals surface area contributed by atoms with Gasteiger partial charge < -0.3 is 9.13 Å². The van der Waals surface area contributed by atoms with Crippen molar-refractivity contribution in [3.8, 4) is 11.5 Å². The first kappa shape index (κ1) is 19.3. The molecule has 0 N–H and O–H groups in total. The second kappa shape index (κ2) is 6.32. The van der Waals surface area contributed by atoms with Crippen molar-refractivity contribution in [2.45, 2.75) is 31.5 Å². The van der Waals surface area contributed by atoms with Gasteiger partial charge in [0.25, 0.3) is 0 Å². The smallest absolute Gasteiger partial charge is 0.324 e. The van der Waals surface area contributed by atoms with Gasteiger partial charge in [0.2, 0.25) is 0 Å². The van der Waals surface area contributed by atoms with E-state index in [9.17, 15) is 21.6 Å². The van der Waals surface area contributed by atoms with Crippen molar-refractivity contribution in [2.24, 2.45) is 14.1 Å². The Morgan fingerprint density at radius 3 is 2.33 bits per heavy atom. The molecule has 3 aromatic rings. The summed E-state index contributed by atoms with van der Waals surface area (Å²) in [7, 11) is -0.444. The molecule has 0 aliphatic heterocycles. The Labute approximate surface area is 153 Å². The van der Waals surface area contributed by atoms with Gasteiger partial charge in [-0.1, -0.05) is 13.8 Å². The maximum absolute atomic E-state index is 12.9. The molecule has 0 unspecified atom stereocenters. The third-order valence-corrected chi connectivity index (χ3v) is 6.21. The number of imidazole rings is 2. The fourth-order valence-electron chi connectivity index (χ4n) is 2.94. The number of rotatable bonds is 4. The Kier molecular flexibility index (Phi) is 4.53. The van der Waals surface area contributed by atoms with Gasteiger partial charge in [-0.3, -0.25) is 0 Å². The van der Waals surface area contributed by atoms with Crippen LogP contribution in [-0.4, -0.2) is 38.3 Å². The summed E-state index contributed by atoms with van der Waals surface area (Å²) in [5.74, 6) is 0.582. The number of hydrogen-bond donors (Lipinski definition) is 0. The lowest BCUT2D eigenvalue weighted by molar-refractivity contribution is -0.141. The van der Waals surface area contributed by atoms with E-state index >= 15 is 0 Å². The van der Waals surface area contributed by atoms with E-state index in [1.807, 2.05) is 6.92 Å². The van der Waals surface area contributed by atoms with Crippen molar-refractivity contribution in [3.05, 3.63) is 23.8 Å². The predicted molar refractivity (Wildman–Crippen MR) is 92.8 cm³/mol. The molecule has 0 saturated heterocycles. The van der Waals surface area contributed by atoms with Crippen molar-refractivity contribution in [1.29, 1.82) is 0 Å². The molecule has 0 spiro atoms. The number of halogens is 3. The lowest BCUT2D eigenvalue weighted by Crippen LogP contribution is -2.12. The van der Waals surface area contributed by atoms with Gasteiger partial charge in [-0.25, -0.2) is 23.4 Å². The zero-order valence-electron chi connectivity index (χ0n) is 15.2. The van der Waals surface area contributed by atoms with Gasteiger partial charge in [0.15, 0.2) is 20.7 Å². The molecule has 7 nitrogen and oxygen atoms in total. The molecule has 3 heterocycles. The summed E-state index contributed by atoms with van der Waals surface area (Å²) < 4.78 is 67.0. The largest absolute Gasteiger partial charge is 0.433 e. The minimum atomic E-state index is -4.59. The molecular weight excluding hydrogens is 383 g/mol. The zero-order valence-corrected chi connectivity index (χ0v) is 16.0. The molecule has 146 valence electrons. The molecule has 0 fully saturated rings. The van der Waals surface area contributed by atoms with Crippen molar-refractivity contribution in [1.82, 2.24) is 24.1 Å². The maximum Gasteiger partial charge on any atom is 0.433 e. The van der Waals surface area contributed by atoms with E-state index in [4.69, 9.17) is 0 Å². The van der Waals surface area contributed by atoms with Gasteiger partial charge in [0, 0.05) is 20.5 Å². The Morgan fingerprint density at radius 1 is 1.11 bits per heavy atom. The van der Waals surface area contributed by atoms with Gasteiger partial charge in [0.05, 0.1) is 23.0 Å². The number of aryl methyl sites for hydroxylation is 2. The lowest BCUT2D eigenvalue weighted by atomic mass is 10.3. The van der Waals surface area contributed by atoms with E-state index in [2.05, 4.69) is 15.0 Å². The molecule has 3 rings (SSSR count). The summed E-state index contributed by atoms with van der Waals surface area (Å²) in [5.41, 5.74) is -0.514. The zero-order chi connectivity index (χ0) is 20.1. The van der Waals surface area contributed by atoms with Crippen LogP contribution in [0.5, 0.6) is 0 Å². The highest BCUT2D eigenvalue weighted by Crippen LogP contribution is 2.33. The highest BCUT2D eigenvalue weighted by atomic mass is 32.2. The topological polar surface area (TPSA) is 82.7 Å². The van der Waals surface area contributed by atoms with E-state index in [-0.39, 0.29) is 27.8 Å². The van der Waals surface area contributed by atoms with E-state index < -0.39 is 21.7 Å². The monoisotopic (exact) mass is 401 g/mol. The Morgan fingerprint density at radius 2 is 1.78 bits per heavy atom. The molecule has 0 aliphatic rings. The standard InChI is InChI=1S/C16H18F3N5O2S/c1-5-12-22-13(15(24(12)4)27(25,26)6-2)14-21-9-7-11(16(17,18)19)20-8-10(9)23(14)3/h7-8H,5-6H2,1-4H3. The molecule has 0 bridgehead atoms. The van der Waals surface area contributed by atoms with Crippen LogP contribution < -0.4 is 0 Å². The molecule has 0 saturated carbocycles. The third kappa shape index (κ3) is 3.09. The van der Waals surface area contributed by atoms with E-state index in [0.717, 1.165) is 12.3 Å². The molecule has 0 atom stereocenters. The first-order valence-corrected chi connectivity index (χ1v) is 9.84. The van der Waals surface area contributed by atoms with E-state index in [0.29, 0.717) is 17.8 Å². The van der Waals surface area contributed by atoms with E-state index in [1.54, 1.807) is 14.1 Å². The Bertz CT molecular complexity index is 1130. The fourth-order valence-corrected chi connectivity index (χ4v) is 4.17. The number of sulfone groups is 1. The summed E-state index contributed by atoms with van der Waals surface area (Å²) in [4.78, 5) is 12.1. The first-order valence-electron chi connectivity index (χ1n) is 8.19. The van der Waals surface area contributed by atoms with Crippen molar-refractivity contribution < 1.29 is 21.6 Å². The van der Waals surface area contributed by atoms with Gasteiger partial charge >= 0.3 is 6.18 Å². The van der Waals surface area contributed by atoms with Crippen LogP contribution >= 0.6 is 0 Å². The SMILES string of the molecule is CCc1nc(-c2nc3cc(C(F)(F)F)ncc3n2C)c(S(=O)(=O)CC)n1C. The highest BCUT2D eigenvalue weighted by molar-refractivity contribution is 7.91. The third-order valence-electron chi connectivity index (χ3n) is 4.40. The first-order chi connectivity index (χ1) is 12.5. The van der Waals surface area contributed by atoms with Crippen LogP contribution in [-0.2, 0) is 36.5 Å². The van der Waals surface area contributed by atoms with Gasteiger partial charge in [-0.05, 0) is 6.07 Å². The number of nitrogens with zero attached hydrogens (tertiary/aromatic N) is 5. The molecule has 0 aliphatic carbocycles. The van der Waals surface area contributed by atoms with Crippen molar-refractivity contribution in [2.75, 3.05) is 5.75 Å². The number of pyridine rings is 1. The molecule has 3 aromatic heterocycles. The second-order valence-corrected chi connectivity index (χ2v) is 8.24. The maximum atomic E-state index is 12.9. The van der Waals surface area contributed by atoms with Crippen LogP contribution in [0.3, 0.4) is 0 Å². The van der Waals surface area contributed by atoms with Crippen molar-refractivity contribution >= 4 is 20.9 Å². The summed E-state index contributed by atoms with van der Waals surface area (Å²) in [5, 5.41) is 0.00394. The van der Waals surface area contributed by atoms with E-state index in [1.165, 1.54) is 16.1 Å². The van der Waals surface area contributed by atoms with Crippen LogP contribution in [0.4, 0.5) is 13.2 Å². The summed E-state index contributed by atoms with van der Waals surface area (Å²) in [6.07, 6.45) is -3.03. The quantitative estimate of drug-likeness (QED) is 0.671. The molecule has 0 radical (unpaired) electrons. The van der Waals surface area contributed by atoms with Gasteiger partial charge in [-0.2, -0.15) is 13.2 Å². The van der Waals surface area contributed by atoms with Crippen LogP contribution in [0.15, 0.2) is 17.3 Å². The molecular formula is C16H18F3N5O2S. The van der Waals surface area contributed by atoms with Crippen LogP contribution in [0.1, 0.15) is 25.4 Å². The van der Waals surface area contributed by atoms with Crippen molar-refractivity contribution in [3.63, 3.8) is 0 Å². The summed E-state index contributed by atoms with van der Waals surface area (Å²) >= 11 is 0. The Balaban J connectivity index is 2.32. The molecule has 11 heteroatoms. The van der Waals surface area contributed by atoms with Gasteiger partial charge in [-0.15, -0.1) is 0 Å². The normalized spacial score (nSPS) is 12.9. The number of alkyl halides is 3. The highest BCUT2D eigenvalue weighted by Gasteiger charge is 2.34. The average Bonchev–Trinajstić information content (AvgIpc) is 3.11. The average molecular weight is 401 g/mol. The Hall–Kier alpha value is -2.43. The predicted octanol–water partition coefficient (Wildman–Crippen LogP) is 2.74. The minimum Gasteiger partial charge on any atom is -0.324 e. The molecule has 0 aromatic carbocycles. The molecule has 0 amide bonds. The minimum absolute atomic E-state index is 0.00394. The van der Waals surface area contributed by atoms with Gasteiger partial charge in [0.1, 0.15) is 17.2 Å². The van der Waals surface area contributed by atoms with Crippen LogP contribution in [0.25, 0.3) is 22.6 Å². The molecule has 27 heavy (non-hydrogen) atoms. The van der Waals surface area contributed by atoms with Crippen LogP contribution in [0, 0.1) is 0 Å². The summed E-state index contributed by atoms with van der Waals surface area (Å²) in [6, 6.07) is 0.844. The second-order valence-electron chi connectivity index (χ2n) is 6.05. The number of hydrogen-bond acceptors (Lipinski definition) is 5. The fraction of sp³-hybridized carbons (Fsp3) is 0.438. The number of aromatic nitrogens is 5. The number of fused-ring (bicyclic) bond motifs is 1. The van der Waals surface area contributed by atoms with Crippen LogP contribution in [0.2, 0.25) is 0 Å². The lowest BCUT2D eigenvalue weighted by Gasteiger charge is -2.07. The summed E-state index contributed by atoms with van der Waals surface area (Å²) in [6.45, 7) is 3.36.